The van der Waals surface area contributed by atoms with Crippen LogP contribution in [0.2, 0.25) is 0 Å². The number of aromatic nitrogens is 2. The van der Waals surface area contributed by atoms with Crippen molar-refractivity contribution in [2.45, 2.75) is 32.3 Å². The number of nitrogens with zero attached hydrogens (tertiary/aromatic N) is 2. The van der Waals surface area contributed by atoms with Gasteiger partial charge in [0, 0.05) is 12.4 Å². The van der Waals surface area contributed by atoms with Gasteiger partial charge in [-0.1, -0.05) is 0 Å². The van der Waals surface area contributed by atoms with Crippen LogP contribution in [0.1, 0.15) is 13.8 Å². The molecule has 1 aliphatic rings. The summed E-state index contributed by atoms with van der Waals surface area (Å²) < 4.78 is 12.9. The molecule has 0 amide bonds. The minimum atomic E-state index is -0.433. The highest BCUT2D eigenvalue weighted by Gasteiger charge is 2.32. The van der Waals surface area contributed by atoms with E-state index in [-0.39, 0.29) is 6.10 Å². The summed E-state index contributed by atoms with van der Waals surface area (Å²) in [5.74, 6) is -0.433. The largest absolute Gasteiger partial charge is 0.348 e. The van der Waals surface area contributed by atoms with Gasteiger partial charge in [0.1, 0.15) is 6.10 Å². The molecule has 0 saturated carbocycles. The first kappa shape index (κ1) is 8.72. The number of rotatable bonds is 2. The molecule has 0 radical (unpaired) electrons. The molecule has 2 rings (SSSR count). The van der Waals surface area contributed by atoms with E-state index in [1.807, 2.05) is 30.8 Å². The third kappa shape index (κ3) is 2.08. The molecule has 1 aromatic heterocycles. The molecule has 0 aliphatic carbocycles. The average Bonchev–Trinajstić information content (AvgIpc) is 2.61. The second kappa shape index (κ2) is 3.12. The third-order valence-electron chi connectivity index (χ3n) is 2.02. The average molecular weight is 182 g/mol. The first-order valence-electron chi connectivity index (χ1n) is 4.45. The molecule has 0 spiro atoms. The van der Waals surface area contributed by atoms with Crippen LogP contribution in [0.3, 0.4) is 0 Å². The van der Waals surface area contributed by atoms with E-state index in [0.29, 0.717) is 6.61 Å². The molecular formula is C9H14N2O2. The fourth-order valence-corrected chi connectivity index (χ4v) is 1.47. The second-order valence-corrected chi connectivity index (χ2v) is 3.68. The van der Waals surface area contributed by atoms with Crippen LogP contribution in [0.4, 0.5) is 0 Å². The Labute approximate surface area is 77.4 Å². The van der Waals surface area contributed by atoms with Crippen molar-refractivity contribution in [3.63, 3.8) is 0 Å². The lowest BCUT2D eigenvalue weighted by Gasteiger charge is -2.16. The SMILES string of the molecule is CC1(C)OC[C@@H](Cn2cccn2)O1. The van der Waals surface area contributed by atoms with Gasteiger partial charge in [-0.3, -0.25) is 4.68 Å². The zero-order valence-electron chi connectivity index (χ0n) is 7.93. The van der Waals surface area contributed by atoms with Crippen molar-refractivity contribution in [1.82, 2.24) is 9.78 Å². The van der Waals surface area contributed by atoms with Gasteiger partial charge in [0.2, 0.25) is 0 Å². The topological polar surface area (TPSA) is 36.3 Å². The van der Waals surface area contributed by atoms with E-state index in [1.165, 1.54) is 0 Å². The minimum absolute atomic E-state index is 0.120. The number of hydrogen-bond acceptors (Lipinski definition) is 3. The zero-order valence-corrected chi connectivity index (χ0v) is 7.93. The van der Waals surface area contributed by atoms with Crippen LogP contribution in [0, 0.1) is 0 Å². The van der Waals surface area contributed by atoms with Crippen molar-refractivity contribution >= 4 is 0 Å². The van der Waals surface area contributed by atoms with Gasteiger partial charge in [-0.2, -0.15) is 5.10 Å². The molecule has 72 valence electrons. The van der Waals surface area contributed by atoms with Gasteiger partial charge in [-0.05, 0) is 19.9 Å². The summed E-state index contributed by atoms with van der Waals surface area (Å²) in [6, 6.07) is 1.90. The van der Waals surface area contributed by atoms with Gasteiger partial charge in [-0.25, -0.2) is 0 Å². The van der Waals surface area contributed by atoms with Crippen LogP contribution >= 0.6 is 0 Å². The molecule has 0 unspecified atom stereocenters. The van der Waals surface area contributed by atoms with E-state index in [4.69, 9.17) is 9.47 Å². The van der Waals surface area contributed by atoms with Gasteiger partial charge in [0.15, 0.2) is 5.79 Å². The van der Waals surface area contributed by atoms with E-state index >= 15 is 0 Å². The standard InChI is InChI=1S/C9H14N2O2/c1-9(2)12-7-8(13-9)6-11-5-3-4-10-11/h3-5,8H,6-7H2,1-2H3/t8-/m1/s1. The summed E-state index contributed by atoms with van der Waals surface area (Å²) in [6.07, 6.45) is 3.81. The molecule has 0 bridgehead atoms. The van der Waals surface area contributed by atoms with Crippen LogP contribution < -0.4 is 0 Å². The Morgan fingerprint density at radius 3 is 3.00 bits per heavy atom. The van der Waals surface area contributed by atoms with E-state index < -0.39 is 5.79 Å². The fourth-order valence-electron chi connectivity index (χ4n) is 1.47. The summed E-state index contributed by atoms with van der Waals surface area (Å²) in [5.41, 5.74) is 0. The Hall–Kier alpha value is -0.870. The lowest BCUT2D eigenvalue weighted by Crippen LogP contribution is -2.24. The maximum atomic E-state index is 5.64. The maximum Gasteiger partial charge on any atom is 0.163 e. The van der Waals surface area contributed by atoms with Crippen LogP contribution in [0.25, 0.3) is 0 Å². The first-order chi connectivity index (χ1) is 6.16. The highest BCUT2D eigenvalue weighted by atomic mass is 16.7. The van der Waals surface area contributed by atoms with E-state index in [9.17, 15) is 0 Å². The minimum Gasteiger partial charge on any atom is -0.348 e. The number of ether oxygens (including phenoxy) is 2. The Bertz CT molecular complexity index is 269. The molecule has 1 saturated heterocycles. The van der Waals surface area contributed by atoms with Crippen LogP contribution in [0.5, 0.6) is 0 Å². The predicted octanol–water partition coefficient (Wildman–Crippen LogP) is 1.03. The normalized spacial score (nSPS) is 26.5. The zero-order chi connectivity index (χ0) is 9.31. The lowest BCUT2D eigenvalue weighted by atomic mass is 10.4. The maximum absolute atomic E-state index is 5.64. The summed E-state index contributed by atoms with van der Waals surface area (Å²) in [4.78, 5) is 0. The van der Waals surface area contributed by atoms with E-state index in [1.54, 1.807) is 6.20 Å². The molecule has 4 heteroatoms. The summed E-state index contributed by atoms with van der Waals surface area (Å²) in [6.45, 7) is 5.26. The van der Waals surface area contributed by atoms with Gasteiger partial charge in [0.05, 0.1) is 13.2 Å². The molecule has 13 heavy (non-hydrogen) atoms. The number of hydrogen-bond donors (Lipinski definition) is 0. The Kier molecular flexibility index (Phi) is 2.09. The van der Waals surface area contributed by atoms with Crippen molar-refractivity contribution in [1.29, 1.82) is 0 Å². The lowest BCUT2D eigenvalue weighted by molar-refractivity contribution is -0.139. The molecule has 2 heterocycles. The Morgan fingerprint density at radius 2 is 2.46 bits per heavy atom. The fraction of sp³-hybridized carbons (Fsp3) is 0.667. The molecule has 1 atom stereocenters. The highest BCUT2D eigenvalue weighted by Crippen LogP contribution is 2.22. The van der Waals surface area contributed by atoms with E-state index in [2.05, 4.69) is 5.10 Å². The van der Waals surface area contributed by atoms with Crippen molar-refractivity contribution in [2.24, 2.45) is 0 Å². The van der Waals surface area contributed by atoms with Crippen molar-refractivity contribution in [3.05, 3.63) is 18.5 Å². The monoisotopic (exact) mass is 182 g/mol. The van der Waals surface area contributed by atoms with Crippen molar-refractivity contribution in [3.8, 4) is 0 Å². The predicted molar refractivity (Wildman–Crippen MR) is 47.1 cm³/mol. The summed E-state index contributed by atoms with van der Waals surface area (Å²) >= 11 is 0. The van der Waals surface area contributed by atoms with Crippen LogP contribution in [-0.2, 0) is 16.0 Å². The third-order valence-corrected chi connectivity index (χ3v) is 2.02. The van der Waals surface area contributed by atoms with Crippen LogP contribution in [-0.4, -0.2) is 28.3 Å². The van der Waals surface area contributed by atoms with Gasteiger partial charge in [-0.15, -0.1) is 0 Å². The van der Waals surface area contributed by atoms with Crippen molar-refractivity contribution in [2.75, 3.05) is 6.61 Å². The Balaban J connectivity index is 1.91. The quantitative estimate of drug-likeness (QED) is 0.685. The van der Waals surface area contributed by atoms with Gasteiger partial charge >= 0.3 is 0 Å². The molecule has 1 aliphatic heterocycles. The van der Waals surface area contributed by atoms with Gasteiger partial charge < -0.3 is 9.47 Å². The molecule has 0 aromatic carbocycles. The molecular weight excluding hydrogens is 168 g/mol. The summed E-state index contributed by atoms with van der Waals surface area (Å²) in [5, 5.41) is 4.11. The first-order valence-corrected chi connectivity index (χ1v) is 4.45. The highest BCUT2D eigenvalue weighted by molar-refractivity contribution is 4.80. The van der Waals surface area contributed by atoms with Crippen molar-refractivity contribution < 1.29 is 9.47 Å². The van der Waals surface area contributed by atoms with E-state index in [0.717, 1.165) is 6.54 Å². The van der Waals surface area contributed by atoms with Crippen LogP contribution in [0.15, 0.2) is 18.5 Å². The molecule has 1 fully saturated rings. The second-order valence-electron chi connectivity index (χ2n) is 3.68. The summed E-state index contributed by atoms with van der Waals surface area (Å²) in [7, 11) is 0. The smallest absolute Gasteiger partial charge is 0.163 e. The Morgan fingerprint density at radius 1 is 1.62 bits per heavy atom. The molecule has 0 N–H and O–H groups in total. The molecule has 1 aromatic rings. The molecule has 4 nitrogen and oxygen atoms in total. The van der Waals surface area contributed by atoms with Gasteiger partial charge in [0.25, 0.3) is 0 Å².